The summed E-state index contributed by atoms with van der Waals surface area (Å²) in [5, 5.41) is 0.324. The smallest absolute Gasteiger partial charge is 0.254 e. The van der Waals surface area contributed by atoms with Crippen molar-refractivity contribution in [1.29, 1.82) is 0 Å². The van der Waals surface area contributed by atoms with Crippen LogP contribution in [0.2, 0.25) is 5.02 Å². The minimum absolute atomic E-state index is 0.146. The van der Waals surface area contributed by atoms with Crippen molar-refractivity contribution in [3.05, 3.63) is 22.7 Å². The quantitative estimate of drug-likeness (QED) is 0.843. The molecule has 0 radical (unpaired) electrons. The molecule has 0 unspecified atom stereocenters. The molecule has 1 aliphatic heterocycles. The molecular formula is C15H20ClNO4S. The third-order valence-electron chi connectivity index (χ3n) is 3.70. The lowest BCUT2D eigenvalue weighted by Crippen LogP contribution is -2.52. The molecule has 1 atom stereocenters. The molecule has 1 aliphatic rings. The summed E-state index contributed by atoms with van der Waals surface area (Å²) >= 11 is 6.15. The molecule has 0 spiro atoms. The summed E-state index contributed by atoms with van der Waals surface area (Å²) < 4.78 is 22.0. The zero-order valence-electron chi connectivity index (χ0n) is 13.1. The van der Waals surface area contributed by atoms with Gasteiger partial charge in [-0.15, -0.1) is 0 Å². The van der Waals surface area contributed by atoms with Crippen LogP contribution < -0.4 is 9.47 Å². The first-order valence-electron chi connectivity index (χ1n) is 6.89. The Kier molecular flexibility index (Phi) is 5.02. The molecule has 2 rings (SSSR count). The van der Waals surface area contributed by atoms with Gasteiger partial charge in [0.25, 0.3) is 5.91 Å². The molecule has 0 aliphatic carbocycles. The summed E-state index contributed by atoms with van der Waals surface area (Å²) in [5.41, 5.74) is 0.436. The summed E-state index contributed by atoms with van der Waals surface area (Å²) in [6.45, 7) is 4.74. The van der Waals surface area contributed by atoms with Gasteiger partial charge in [0.15, 0.2) is 11.5 Å². The van der Waals surface area contributed by atoms with Gasteiger partial charge in [-0.25, -0.2) is 0 Å². The number of hydrogen-bond acceptors (Lipinski definition) is 4. The van der Waals surface area contributed by atoms with E-state index in [0.29, 0.717) is 40.9 Å². The normalized spacial score (nSPS) is 20.6. The summed E-state index contributed by atoms with van der Waals surface area (Å²) in [5.74, 6) is 1.16. The molecule has 0 N–H and O–H groups in total. The number of halogens is 1. The van der Waals surface area contributed by atoms with Gasteiger partial charge in [-0.2, -0.15) is 0 Å². The Morgan fingerprint density at radius 3 is 2.55 bits per heavy atom. The number of ether oxygens (including phenoxy) is 2. The van der Waals surface area contributed by atoms with Gasteiger partial charge >= 0.3 is 0 Å². The van der Waals surface area contributed by atoms with Crippen molar-refractivity contribution < 1.29 is 18.5 Å². The summed E-state index contributed by atoms with van der Waals surface area (Å²) in [7, 11) is 2.07. The van der Waals surface area contributed by atoms with E-state index in [1.165, 1.54) is 14.2 Å². The molecule has 0 aromatic heterocycles. The van der Waals surface area contributed by atoms with Gasteiger partial charge in [0.1, 0.15) is 0 Å². The molecule has 1 amide bonds. The second-order valence-electron chi connectivity index (χ2n) is 5.73. The predicted octanol–water partition coefficient (Wildman–Crippen LogP) is 2.34. The zero-order chi connectivity index (χ0) is 16.5. The van der Waals surface area contributed by atoms with E-state index < -0.39 is 15.5 Å². The molecule has 5 nitrogen and oxygen atoms in total. The third kappa shape index (κ3) is 3.22. The van der Waals surface area contributed by atoms with Crippen molar-refractivity contribution in [3.8, 4) is 11.5 Å². The minimum atomic E-state index is -0.924. The number of carbonyl (C=O) groups is 1. The van der Waals surface area contributed by atoms with Crippen LogP contribution in [0.5, 0.6) is 11.5 Å². The van der Waals surface area contributed by atoms with Crippen LogP contribution in [0.3, 0.4) is 0 Å². The lowest BCUT2D eigenvalue weighted by atomic mass is 10.1. The largest absolute Gasteiger partial charge is 0.493 e. The number of rotatable bonds is 3. The van der Waals surface area contributed by atoms with Crippen molar-refractivity contribution in [2.24, 2.45) is 0 Å². The van der Waals surface area contributed by atoms with E-state index in [4.69, 9.17) is 21.1 Å². The standard InChI is InChI=1S/C15H20ClNO4S/c1-15(2)9-17(5-6-22(15)19)14(18)10-7-11(16)13(21-4)12(8-10)20-3/h7-8H,5-6,9H2,1-4H3/t22-/m0/s1. The maximum absolute atomic E-state index is 12.7. The fraction of sp³-hybridized carbons (Fsp3) is 0.533. The van der Waals surface area contributed by atoms with E-state index in [9.17, 15) is 9.00 Å². The molecule has 7 heteroatoms. The summed E-state index contributed by atoms with van der Waals surface area (Å²) in [6.07, 6.45) is 0. The predicted molar refractivity (Wildman–Crippen MR) is 87.5 cm³/mol. The molecule has 1 fully saturated rings. The van der Waals surface area contributed by atoms with Crippen LogP contribution in [-0.4, -0.2) is 52.8 Å². The van der Waals surface area contributed by atoms with E-state index in [-0.39, 0.29) is 5.91 Å². The SMILES string of the molecule is COc1cc(C(=O)N2CC[S@](=O)C(C)(C)C2)cc(Cl)c1OC. The Labute approximate surface area is 138 Å². The third-order valence-corrected chi connectivity index (χ3v) is 5.90. The van der Waals surface area contributed by atoms with Crippen LogP contribution in [0.4, 0.5) is 0 Å². The lowest BCUT2D eigenvalue weighted by Gasteiger charge is -2.37. The highest BCUT2D eigenvalue weighted by Crippen LogP contribution is 2.36. The molecule has 1 aromatic rings. The Morgan fingerprint density at radius 1 is 1.32 bits per heavy atom. The van der Waals surface area contributed by atoms with Crippen molar-refractivity contribution in [2.45, 2.75) is 18.6 Å². The maximum atomic E-state index is 12.7. The van der Waals surface area contributed by atoms with Gasteiger partial charge in [-0.05, 0) is 26.0 Å². The number of carbonyl (C=O) groups excluding carboxylic acids is 1. The summed E-state index contributed by atoms with van der Waals surface area (Å²) in [4.78, 5) is 14.4. The highest BCUT2D eigenvalue weighted by Gasteiger charge is 2.35. The van der Waals surface area contributed by atoms with Gasteiger partial charge in [0.05, 0.1) is 24.0 Å². The molecule has 22 heavy (non-hydrogen) atoms. The number of methoxy groups -OCH3 is 2. The van der Waals surface area contributed by atoms with E-state index >= 15 is 0 Å². The van der Waals surface area contributed by atoms with Crippen LogP contribution in [-0.2, 0) is 10.8 Å². The average molecular weight is 346 g/mol. The van der Waals surface area contributed by atoms with Crippen molar-refractivity contribution >= 4 is 28.3 Å². The highest BCUT2D eigenvalue weighted by atomic mass is 35.5. The molecular weight excluding hydrogens is 326 g/mol. The van der Waals surface area contributed by atoms with E-state index in [2.05, 4.69) is 0 Å². The maximum Gasteiger partial charge on any atom is 0.254 e. The minimum Gasteiger partial charge on any atom is -0.493 e. The number of benzene rings is 1. The van der Waals surface area contributed by atoms with Gasteiger partial charge in [-0.1, -0.05) is 11.6 Å². The van der Waals surface area contributed by atoms with E-state index in [1.807, 2.05) is 13.8 Å². The number of amides is 1. The van der Waals surface area contributed by atoms with Crippen LogP contribution >= 0.6 is 11.6 Å². The molecule has 1 saturated heterocycles. The average Bonchev–Trinajstić information content (AvgIpc) is 2.48. The van der Waals surface area contributed by atoms with Gasteiger partial charge in [-0.3, -0.25) is 9.00 Å². The first-order chi connectivity index (χ1) is 10.3. The van der Waals surface area contributed by atoms with Crippen LogP contribution in [0.1, 0.15) is 24.2 Å². The van der Waals surface area contributed by atoms with Crippen molar-refractivity contribution in [1.82, 2.24) is 4.90 Å². The molecule has 1 heterocycles. The lowest BCUT2D eigenvalue weighted by molar-refractivity contribution is 0.0745. The molecule has 0 bridgehead atoms. The van der Waals surface area contributed by atoms with Gasteiger partial charge in [0.2, 0.25) is 0 Å². The topological polar surface area (TPSA) is 55.8 Å². The van der Waals surface area contributed by atoms with E-state index in [1.54, 1.807) is 17.0 Å². The second kappa shape index (κ2) is 6.46. The Balaban J connectivity index is 2.30. The summed E-state index contributed by atoms with van der Waals surface area (Å²) in [6, 6.07) is 3.19. The zero-order valence-corrected chi connectivity index (χ0v) is 14.7. The van der Waals surface area contributed by atoms with Gasteiger partial charge < -0.3 is 14.4 Å². The Morgan fingerprint density at radius 2 is 2.00 bits per heavy atom. The van der Waals surface area contributed by atoms with E-state index in [0.717, 1.165) is 0 Å². The number of nitrogens with zero attached hydrogens (tertiary/aromatic N) is 1. The van der Waals surface area contributed by atoms with Crippen LogP contribution in [0.15, 0.2) is 12.1 Å². The Bertz CT molecular complexity index is 618. The molecule has 0 saturated carbocycles. The first-order valence-corrected chi connectivity index (χ1v) is 8.59. The molecule has 122 valence electrons. The molecule has 1 aromatic carbocycles. The monoisotopic (exact) mass is 345 g/mol. The first kappa shape index (κ1) is 17.1. The Hall–Kier alpha value is -1.27. The van der Waals surface area contributed by atoms with Crippen LogP contribution in [0, 0.1) is 0 Å². The fourth-order valence-electron chi connectivity index (χ4n) is 2.48. The second-order valence-corrected chi connectivity index (χ2v) is 8.34. The van der Waals surface area contributed by atoms with Crippen molar-refractivity contribution in [3.63, 3.8) is 0 Å². The van der Waals surface area contributed by atoms with Crippen LogP contribution in [0.25, 0.3) is 0 Å². The highest BCUT2D eigenvalue weighted by molar-refractivity contribution is 7.86. The van der Waals surface area contributed by atoms with Crippen molar-refractivity contribution in [2.75, 3.05) is 33.1 Å². The number of hydrogen-bond donors (Lipinski definition) is 0. The van der Waals surface area contributed by atoms with Gasteiger partial charge in [0, 0.05) is 35.2 Å². The fourth-order valence-corrected chi connectivity index (χ4v) is 4.00.